The van der Waals surface area contributed by atoms with E-state index in [4.69, 9.17) is 5.26 Å². The standard InChI is InChI=1S/C15H9IN4/c16-14-10-20(13-2-1-7-18-9-13)19-15(14)12-5-3-11(8-17)4-6-12/h1-7,9-10H. The molecule has 5 heteroatoms. The van der Waals surface area contributed by atoms with E-state index < -0.39 is 0 Å². The first-order chi connectivity index (χ1) is 9.78. The van der Waals surface area contributed by atoms with E-state index in [2.05, 4.69) is 38.7 Å². The SMILES string of the molecule is N#Cc1ccc(-c2nn(-c3cccnc3)cc2I)cc1. The molecule has 0 N–H and O–H groups in total. The highest BCUT2D eigenvalue weighted by molar-refractivity contribution is 14.1. The molecule has 0 unspecified atom stereocenters. The Morgan fingerprint density at radius 1 is 1.15 bits per heavy atom. The smallest absolute Gasteiger partial charge is 0.106 e. The molecule has 0 aliphatic rings. The molecule has 0 saturated heterocycles. The van der Waals surface area contributed by atoms with Gasteiger partial charge in [0, 0.05) is 18.0 Å². The lowest BCUT2D eigenvalue weighted by molar-refractivity contribution is 0.877. The molecular weight excluding hydrogens is 363 g/mol. The van der Waals surface area contributed by atoms with Gasteiger partial charge in [0.2, 0.25) is 0 Å². The molecule has 2 aromatic heterocycles. The Bertz CT molecular complexity index is 770. The molecule has 4 nitrogen and oxygen atoms in total. The van der Waals surface area contributed by atoms with Crippen LogP contribution in [0.25, 0.3) is 16.9 Å². The predicted molar refractivity (Wildman–Crippen MR) is 84.2 cm³/mol. The maximum absolute atomic E-state index is 8.83. The first-order valence-electron chi connectivity index (χ1n) is 5.94. The molecule has 3 rings (SSSR count). The van der Waals surface area contributed by atoms with Gasteiger partial charge >= 0.3 is 0 Å². The molecule has 0 saturated carbocycles. The molecule has 96 valence electrons. The average Bonchev–Trinajstić information content (AvgIpc) is 2.90. The third-order valence-electron chi connectivity index (χ3n) is 2.87. The Balaban J connectivity index is 2.03. The fourth-order valence-electron chi connectivity index (χ4n) is 1.87. The van der Waals surface area contributed by atoms with Crippen LogP contribution in [0.2, 0.25) is 0 Å². The summed E-state index contributed by atoms with van der Waals surface area (Å²) in [6, 6.07) is 13.4. The number of pyridine rings is 1. The molecule has 1 aromatic carbocycles. The maximum Gasteiger partial charge on any atom is 0.106 e. The Morgan fingerprint density at radius 2 is 1.95 bits per heavy atom. The number of rotatable bonds is 2. The minimum Gasteiger partial charge on any atom is -0.262 e. The molecular formula is C15H9IN4. The summed E-state index contributed by atoms with van der Waals surface area (Å²) in [7, 11) is 0. The Morgan fingerprint density at radius 3 is 2.60 bits per heavy atom. The van der Waals surface area contributed by atoms with E-state index in [0.29, 0.717) is 5.56 Å². The van der Waals surface area contributed by atoms with Crippen LogP contribution in [0.5, 0.6) is 0 Å². The van der Waals surface area contributed by atoms with E-state index >= 15 is 0 Å². The highest BCUT2D eigenvalue weighted by atomic mass is 127. The number of nitriles is 1. The van der Waals surface area contributed by atoms with Crippen LogP contribution in [0.4, 0.5) is 0 Å². The lowest BCUT2D eigenvalue weighted by atomic mass is 10.1. The summed E-state index contributed by atoms with van der Waals surface area (Å²) in [5, 5.41) is 13.4. The summed E-state index contributed by atoms with van der Waals surface area (Å²) in [6.07, 6.45) is 5.47. The molecule has 0 bridgehead atoms. The van der Waals surface area contributed by atoms with Crippen molar-refractivity contribution in [3.05, 3.63) is 64.1 Å². The molecule has 3 aromatic rings. The van der Waals surface area contributed by atoms with Gasteiger partial charge in [0.15, 0.2) is 0 Å². The summed E-state index contributed by atoms with van der Waals surface area (Å²) >= 11 is 2.26. The second kappa shape index (κ2) is 5.43. The van der Waals surface area contributed by atoms with E-state index in [1.54, 1.807) is 24.5 Å². The normalized spacial score (nSPS) is 10.2. The quantitative estimate of drug-likeness (QED) is 0.648. The second-order valence-electron chi connectivity index (χ2n) is 4.17. The van der Waals surface area contributed by atoms with Crippen molar-refractivity contribution < 1.29 is 0 Å². The predicted octanol–water partition coefficient (Wildman–Crippen LogP) is 3.41. The molecule has 0 aliphatic heterocycles. The maximum atomic E-state index is 8.83. The van der Waals surface area contributed by atoms with Crippen LogP contribution in [0.15, 0.2) is 55.0 Å². The Kier molecular flexibility index (Phi) is 3.48. The molecule has 0 spiro atoms. The van der Waals surface area contributed by atoms with Gasteiger partial charge < -0.3 is 0 Å². The highest BCUT2D eigenvalue weighted by Crippen LogP contribution is 2.25. The molecule has 20 heavy (non-hydrogen) atoms. The molecule has 0 fully saturated rings. The number of benzene rings is 1. The third kappa shape index (κ3) is 2.42. The van der Waals surface area contributed by atoms with Crippen molar-refractivity contribution in [3.63, 3.8) is 0 Å². The number of hydrogen-bond acceptors (Lipinski definition) is 3. The summed E-state index contributed by atoms with van der Waals surface area (Å²) in [5.41, 5.74) is 3.47. The van der Waals surface area contributed by atoms with Gasteiger partial charge in [-0.2, -0.15) is 10.4 Å². The van der Waals surface area contributed by atoms with Crippen molar-refractivity contribution in [2.75, 3.05) is 0 Å². The van der Waals surface area contributed by atoms with E-state index in [1.165, 1.54) is 0 Å². The number of halogens is 1. The minimum absolute atomic E-state index is 0.649. The summed E-state index contributed by atoms with van der Waals surface area (Å²) in [6.45, 7) is 0. The summed E-state index contributed by atoms with van der Waals surface area (Å²) in [4.78, 5) is 4.10. The molecule has 0 atom stereocenters. The van der Waals surface area contributed by atoms with Crippen molar-refractivity contribution in [1.29, 1.82) is 5.26 Å². The van der Waals surface area contributed by atoms with E-state index in [-0.39, 0.29) is 0 Å². The Hall–Kier alpha value is -2.20. The number of nitrogens with zero attached hydrogens (tertiary/aromatic N) is 4. The van der Waals surface area contributed by atoms with Gasteiger partial charge in [-0.25, -0.2) is 4.68 Å². The lowest BCUT2D eigenvalue weighted by Crippen LogP contribution is -1.95. The monoisotopic (exact) mass is 372 g/mol. The lowest BCUT2D eigenvalue weighted by Gasteiger charge is -2.00. The first-order valence-corrected chi connectivity index (χ1v) is 7.02. The van der Waals surface area contributed by atoms with Crippen molar-refractivity contribution >= 4 is 22.6 Å². The van der Waals surface area contributed by atoms with Crippen LogP contribution in [0.3, 0.4) is 0 Å². The summed E-state index contributed by atoms with van der Waals surface area (Å²) in [5.74, 6) is 0. The van der Waals surface area contributed by atoms with Gasteiger partial charge in [0.05, 0.1) is 27.1 Å². The first kappa shape index (κ1) is 12.8. The van der Waals surface area contributed by atoms with Crippen LogP contribution >= 0.6 is 22.6 Å². The van der Waals surface area contributed by atoms with Gasteiger partial charge in [-0.15, -0.1) is 0 Å². The molecule has 2 heterocycles. The zero-order valence-corrected chi connectivity index (χ0v) is 12.5. The van der Waals surface area contributed by atoms with Crippen LogP contribution < -0.4 is 0 Å². The van der Waals surface area contributed by atoms with Gasteiger partial charge in [0.1, 0.15) is 5.69 Å². The zero-order chi connectivity index (χ0) is 13.9. The van der Waals surface area contributed by atoms with Gasteiger partial charge in [-0.05, 0) is 46.9 Å². The van der Waals surface area contributed by atoms with Gasteiger partial charge in [0.25, 0.3) is 0 Å². The van der Waals surface area contributed by atoms with Crippen LogP contribution in [-0.4, -0.2) is 14.8 Å². The third-order valence-corrected chi connectivity index (χ3v) is 3.66. The topological polar surface area (TPSA) is 54.5 Å². The second-order valence-corrected chi connectivity index (χ2v) is 5.33. The van der Waals surface area contributed by atoms with Crippen molar-refractivity contribution in [2.45, 2.75) is 0 Å². The van der Waals surface area contributed by atoms with Crippen molar-refractivity contribution in [1.82, 2.24) is 14.8 Å². The van der Waals surface area contributed by atoms with E-state index in [0.717, 1.165) is 20.5 Å². The van der Waals surface area contributed by atoms with Crippen molar-refractivity contribution in [3.8, 4) is 23.0 Å². The van der Waals surface area contributed by atoms with Crippen LogP contribution in [0, 0.1) is 14.9 Å². The van der Waals surface area contributed by atoms with Gasteiger partial charge in [-0.3, -0.25) is 4.98 Å². The van der Waals surface area contributed by atoms with Gasteiger partial charge in [-0.1, -0.05) is 12.1 Å². The average molecular weight is 372 g/mol. The fourth-order valence-corrected chi connectivity index (χ4v) is 2.56. The number of hydrogen-bond donors (Lipinski definition) is 0. The largest absolute Gasteiger partial charge is 0.262 e. The van der Waals surface area contributed by atoms with E-state index in [1.807, 2.05) is 35.1 Å². The van der Waals surface area contributed by atoms with Crippen LogP contribution in [-0.2, 0) is 0 Å². The Labute approximate surface area is 129 Å². The highest BCUT2D eigenvalue weighted by Gasteiger charge is 2.10. The number of aromatic nitrogens is 3. The fraction of sp³-hybridized carbons (Fsp3) is 0. The molecule has 0 amide bonds. The summed E-state index contributed by atoms with van der Waals surface area (Å²) < 4.78 is 2.86. The minimum atomic E-state index is 0.649. The molecule has 0 radical (unpaired) electrons. The van der Waals surface area contributed by atoms with Crippen molar-refractivity contribution in [2.24, 2.45) is 0 Å². The molecule has 0 aliphatic carbocycles. The zero-order valence-electron chi connectivity index (χ0n) is 10.4. The van der Waals surface area contributed by atoms with E-state index in [9.17, 15) is 0 Å². The van der Waals surface area contributed by atoms with Crippen LogP contribution in [0.1, 0.15) is 5.56 Å².